The summed E-state index contributed by atoms with van der Waals surface area (Å²) < 4.78 is 5.38. The van der Waals surface area contributed by atoms with Crippen molar-refractivity contribution in [2.24, 2.45) is 17.8 Å². The van der Waals surface area contributed by atoms with Gasteiger partial charge in [0.1, 0.15) is 0 Å². The third kappa shape index (κ3) is 4.46. The number of nitrogens with zero attached hydrogens (tertiary/aromatic N) is 2. The maximum atomic E-state index is 14.3. The minimum Gasteiger partial charge on any atom is -0.504 e. The number of Topliss-reactive ketones (excluding diaryl/α,β-unsaturated/α-hetero) is 1. The molecule has 2 fully saturated rings. The normalized spacial score (nSPS) is 27.5. The van der Waals surface area contributed by atoms with Crippen molar-refractivity contribution in [2.75, 3.05) is 20.2 Å². The second-order valence-corrected chi connectivity index (χ2v) is 12.7. The molecule has 2 heterocycles. The molecule has 0 spiro atoms. The molecule has 44 heavy (non-hydrogen) atoms. The second-order valence-electron chi connectivity index (χ2n) is 12.7. The first kappa shape index (κ1) is 28.5. The largest absolute Gasteiger partial charge is 0.504 e. The number of aromatic hydroxyl groups is 1. The third-order valence-corrected chi connectivity index (χ3v) is 10.3. The van der Waals surface area contributed by atoms with E-state index in [4.69, 9.17) is 4.74 Å². The van der Waals surface area contributed by atoms with Crippen LogP contribution >= 0.6 is 0 Å². The predicted octanol–water partition coefficient (Wildman–Crippen LogP) is 4.49. The molecule has 0 saturated carbocycles. The number of amides is 2. The molecular formula is C36H36N2O6. The number of carbonyl (C=O) groups is 4. The summed E-state index contributed by atoms with van der Waals surface area (Å²) in [5, 5.41) is 11.2. The van der Waals surface area contributed by atoms with Gasteiger partial charge in [-0.05, 0) is 56.2 Å². The molecule has 8 heteroatoms. The third-order valence-electron chi connectivity index (χ3n) is 10.3. The number of allylic oxidation sites excluding steroid dienone is 6. The van der Waals surface area contributed by atoms with Crippen molar-refractivity contribution in [1.29, 1.82) is 0 Å². The Kier molecular flexibility index (Phi) is 7.12. The zero-order valence-corrected chi connectivity index (χ0v) is 25.0. The number of imide groups is 1. The van der Waals surface area contributed by atoms with Crippen molar-refractivity contribution in [1.82, 2.24) is 9.80 Å². The van der Waals surface area contributed by atoms with Crippen molar-refractivity contribution in [3.8, 4) is 11.5 Å². The predicted molar refractivity (Wildman–Crippen MR) is 163 cm³/mol. The van der Waals surface area contributed by atoms with Crippen molar-refractivity contribution < 1.29 is 29.0 Å². The van der Waals surface area contributed by atoms with Gasteiger partial charge in [-0.25, -0.2) is 0 Å². The number of fused-ring (bicyclic) bond motifs is 3. The first-order valence-corrected chi connectivity index (χ1v) is 15.5. The van der Waals surface area contributed by atoms with Crippen LogP contribution < -0.4 is 4.74 Å². The molecule has 2 aromatic rings. The van der Waals surface area contributed by atoms with Gasteiger partial charge in [0, 0.05) is 53.9 Å². The maximum Gasteiger partial charge on any atom is 0.233 e. The smallest absolute Gasteiger partial charge is 0.233 e. The van der Waals surface area contributed by atoms with Gasteiger partial charge in [-0.15, -0.1) is 0 Å². The van der Waals surface area contributed by atoms with Gasteiger partial charge in [0.05, 0.1) is 18.9 Å². The van der Waals surface area contributed by atoms with Crippen molar-refractivity contribution in [3.05, 3.63) is 94.1 Å². The highest BCUT2D eigenvalue weighted by Gasteiger charge is 2.57. The molecular weight excluding hydrogens is 556 g/mol. The number of methoxy groups -OCH3 is 1. The molecule has 226 valence electrons. The second kappa shape index (κ2) is 11.0. The van der Waals surface area contributed by atoms with E-state index in [1.807, 2.05) is 24.3 Å². The molecule has 2 aromatic carbocycles. The summed E-state index contributed by atoms with van der Waals surface area (Å²) in [7, 11) is 1.46. The van der Waals surface area contributed by atoms with E-state index in [0.29, 0.717) is 28.7 Å². The maximum absolute atomic E-state index is 14.3. The van der Waals surface area contributed by atoms with Gasteiger partial charge in [-0.3, -0.25) is 29.0 Å². The zero-order chi connectivity index (χ0) is 30.7. The molecule has 2 aliphatic heterocycles. The van der Waals surface area contributed by atoms with E-state index in [1.54, 1.807) is 25.1 Å². The minimum absolute atomic E-state index is 0.0974. The van der Waals surface area contributed by atoms with E-state index in [2.05, 4.69) is 17.0 Å². The standard InChI is InChI=1S/C36H36N2O6/c1-20-17-28(39)32-27(33(20)40)18-26-23(30(32)24-9-6-10-29(44-2)34(24)41)11-12-25-31(26)36(43)38(35(25)42)22-13-15-37(16-14-22)19-21-7-4-3-5-8-21/h3-11,17,22,25-26,30-31,41H,12-16,18-19H2,1-2H3. The SMILES string of the molecule is COc1cccc(C2C3=CCC4C(=O)N(C5CCN(Cc6ccccc6)CC5)C(=O)C4C3CC3=C2C(=O)C=C(C)C3=O)c1O. The lowest BCUT2D eigenvalue weighted by Crippen LogP contribution is -2.47. The van der Waals surface area contributed by atoms with Crippen LogP contribution in [0.3, 0.4) is 0 Å². The number of likely N-dealkylation sites (tertiary alicyclic amines) is 2. The van der Waals surface area contributed by atoms with Gasteiger partial charge in [-0.2, -0.15) is 0 Å². The highest BCUT2D eigenvalue weighted by molar-refractivity contribution is 6.23. The first-order valence-electron chi connectivity index (χ1n) is 15.5. The Balaban J connectivity index is 1.20. The molecule has 0 aromatic heterocycles. The Morgan fingerprint density at radius 3 is 2.41 bits per heavy atom. The van der Waals surface area contributed by atoms with Crippen molar-refractivity contribution in [3.63, 3.8) is 0 Å². The van der Waals surface area contributed by atoms with Gasteiger partial charge in [0.25, 0.3) is 0 Å². The fourth-order valence-corrected chi connectivity index (χ4v) is 8.24. The number of phenols is 1. The van der Waals surface area contributed by atoms with Gasteiger partial charge in [-0.1, -0.05) is 54.1 Å². The lowest BCUT2D eigenvalue weighted by molar-refractivity contribution is -0.144. The number of ether oxygens (including phenoxy) is 1. The fourth-order valence-electron chi connectivity index (χ4n) is 8.24. The lowest BCUT2D eigenvalue weighted by atomic mass is 9.59. The Labute approximate surface area is 256 Å². The number of hydrogen-bond acceptors (Lipinski definition) is 7. The monoisotopic (exact) mass is 592 g/mol. The molecule has 3 aliphatic carbocycles. The molecule has 2 amide bonds. The van der Waals surface area contributed by atoms with Crippen LogP contribution in [-0.2, 0) is 25.7 Å². The Bertz CT molecular complexity index is 1660. The van der Waals surface area contributed by atoms with Gasteiger partial charge in [0.2, 0.25) is 11.8 Å². The highest BCUT2D eigenvalue weighted by atomic mass is 16.5. The molecule has 5 aliphatic rings. The number of para-hydroxylation sites is 1. The van der Waals surface area contributed by atoms with Crippen LogP contribution in [0, 0.1) is 17.8 Å². The zero-order valence-electron chi connectivity index (χ0n) is 25.0. The van der Waals surface area contributed by atoms with Gasteiger partial charge in [0.15, 0.2) is 23.1 Å². The summed E-state index contributed by atoms with van der Waals surface area (Å²) in [6, 6.07) is 15.3. The van der Waals surface area contributed by atoms with Gasteiger partial charge >= 0.3 is 0 Å². The quantitative estimate of drug-likeness (QED) is 0.310. The highest BCUT2D eigenvalue weighted by Crippen LogP contribution is 2.57. The first-order chi connectivity index (χ1) is 21.3. The number of rotatable bonds is 5. The minimum atomic E-state index is -0.709. The number of ketones is 2. The van der Waals surface area contributed by atoms with Crippen LogP contribution in [-0.4, -0.2) is 64.5 Å². The van der Waals surface area contributed by atoms with Crippen LogP contribution in [0.15, 0.2) is 83.0 Å². The Morgan fingerprint density at radius 1 is 0.932 bits per heavy atom. The molecule has 0 radical (unpaired) electrons. The van der Waals surface area contributed by atoms with E-state index < -0.39 is 23.7 Å². The fraction of sp³-hybridized carbons (Fsp3) is 0.389. The topological polar surface area (TPSA) is 104 Å². The molecule has 0 bridgehead atoms. The summed E-state index contributed by atoms with van der Waals surface area (Å²) >= 11 is 0. The Morgan fingerprint density at radius 2 is 1.68 bits per heavy atom. The van der Waals surface area contributed by atoms with Crippen LogP contribution in [0.1, 0.15) is 49.7 Å². The molecule has 4 unspecified atom stereocenters. The summed E-state index contributed by atoms with van der Waals surface area (Å²) in [5.74, 6) is -2.84. The van der Waals surface area contributed by atoms with Crippen LogP contribution in [0.4, 0.5) is 0 Å². The summed E-state index contributed by atoms with van der Waals surface area (Å²) in [6.45, 7) is 4.07. The van der Waals surface area contributed by atoms with E-state index in [1.165, 1.54) is 23.6 Å². The molecule has 4 atom stereocenters. The number of hydrogen-bond donors (Lipinski definition) is 1. The summed E-state index contributed by atoms with van der Waals surface area (Å²) in [6.07, 6.45) is 5.41. The number of piperidine rings is 1. The van der Waals surface area contributed by atoms with Crippen LogP contribution in [0.5, 0.6) is 11.5 Å². The van der Waals surface area contributed by atoms with E-state index >= 15 is 0 Å². The van der Waals surface area contributed by atoms with E-state index in [9.17, 15) is 24.3 Å². The summed E-state index contributed by atoms with van der Waals surface area (Å²) in [4.78, 5) is 59.1. The molecule has 8 nitrogen and oxygen atoms in total. The van der Waals surface area contributed by atoms with Gasteiger partial charge < -0.3 is 9.84 Å². The van der Waals surface area contributed by atoms with E-state index in [0.717, 1.165) is 38.0 Å². The van der Waals surface area contributed by atoms with Crippen molar-refractivity contribution >= 4 is 23.4 Å². The van der Waals surface area contributed by atoms with Crippen LogP contribution in [0.2, 0.25) is 0 Å². The Hall–Kier alpha value is -4.30. The lowest BCUT2D eigenvalue weighted by Gasteiger charge is -2.42. The van der Waals surface area contributed by atoms with Crippen molar-refractivity contribution in [2.45, 2.75) is 51.1 Å². The average Bonchev–Trinajstić information content (AvgIpc) is 3.29. The average molecular weight is 593 g/mol. The number of carbonyl (C=O) groups excluding carboxylic acids is 4. The molecule has 7 rings (SSSR count). The van der Waals surface area contributed by atoms with Crippen LogP contribution in [0.25, 0.3) is 0 Å². The molecule has 1 N–H and O–H groups in total. The summed E-state index contributed by atoms with van der Waals surface area (Å²) in [5.41, 5.74) is 3.62. The number of phenolic OH excluding ortho intramolecular Hbond substituents is 1. The number of benzene rings is 2. The van der Waals surface area contributed by atoms with E-state index in [-0.39, 0.29) is 47.3 Å². The molecule has 2 saturated heterocycles.